The van der Waals surface area contributed by atoms with Gasteiger partial charge < -0.3 is 4.74 Å². The molecule has 0 radical (unpaired) electrons. The SMILES string of the molecule is COc1ccc([C@]23C4=CC(=O)C5=C2c2c(ccc6c2-c2c(ccc(c23)C4)C6)C5)cc1. The summed E-state index contributed by atoms with van der Waals surface area (Å²) in [6.45, 7) is 0. The normalized spacial score (nSPS) is 22.7. The molecule has 2 nitrogen and oxygen atoms in total. The van der Waals surface area contributed by atoms with Crippen molar-refractivity contribution in [1.82, 2.24) is 0 Å². The van der Waals surface area contributed by atoms with E-state index in [-0.39, 0.29) is 11.2 Å². The molecule has 1 atom stereocenters. The standard InChI is InChI=1S/C28H18O2/c1-30-20-8-6-18(7-9-20)28-19-11-17-5-4-15-10-14-2-3-16-12-21(22(29)13-19)27(28)25(16)23(14)24(15)26(17)28/h2-9,13H,10-12H2,1H3/t28-/m1/s1. The molecule has 30 heavy (non-hydrogen) atoms. The van der Waals surface area contributed by atoms with Crippen molar-refractivity contribution in [2.75, 3.05) is 7.11 Å². The van der Waals surface area contributed by atoms with Crippen molar-refractivity contribution in [2.45, 2.75) is 24.7 Å². The summed E-state index contributed by atoms with van der Waals surface area (Å²) in [6.07, 6.45) is 4.58. The highest BCUT2D eigenvalue weighted by atomic mass is 16.5. The van der Waals surface area contributed by atoms with Gasteiger partial charge in [-0.25, -0.2) is 0 Å². The summed E-state index contributed by atoms with van der Waals surface area (Å²) in [5, 5.41) is 0. The zero-order valence-corrected chi connectivity index (χ0v) is 16.6. The molecule has 2 heteroatoms. The maximum atomic E-state index is 13.3. The van der Waals surface area contributed by atoms with Crippen LogP contribution in [0.4, 0.5) is 0 Å². The van der Waals surface area contributed by atoms with Crippen LogP contribution in [0.3, 0.4) is 0 Å². The number of carbonyl (C=O) groups excluding carboxylic acids is 1. The van der Waals surface area contributed by atoms with Gasteiger partial charge in [0, 0.05) is 12.0 Å². The van der Waals surface area contributed by atoms with E-state index < -0.39 is 0 Å². The molecule has 8 rings (SSSR count). The van der Waals surface area contributed by atoms with Crippen molar-refractivity contribution in [3.8, 4) is 16.9 Å². The Morgan fingerprint density at radius 1 is 0.767 bits per heavy atom. The third-order valence-electron chi connectivity index (χ3n) is 8.04. The largest absolute Gasteiger partial charge is 0.497 e. The van der Waals surface area contributed by atoms with E-state index >= 15 is 0 Å². The Kier molecular flexibility index (Phi) is 2.41. The summed E-state index contributed by atoms with van der Waals surface area (Å²) in [4.78, 5) is 13.3. The minimum atomic E-state index is -0.322. The molecule has 0 aliphatic heterocycles. The summed E-state index contributed by atoms with van der Waals surface area (Å²) in [5.41, 5.74) is 15.7. The van der Waals surface area contributed by atoms with Crippen LogP contribution in [0.15, 0.2) is 65.8 Å². The summed E-state index contributed by atoms with van der Waals surface area (Å²) in [5.74, 6) is 1.08. The molecule has 0 aromatic heterocycles. The number of ether oxygens (including phenoxy) is 1. The topological polar surface area (TPSA) is 26.3 Å². The van der Waals surface area contributed by atoms with E-state index in [2.05, 4.69) is 48.5 Å². The number of methoxy groups -OCH3 is 1. The Bertz CT molecular complexity index is 1450. The number of carbonyl (C=O) groups is 1. The molecule has 5 aliphatic rings. The van der Waals surface area contributed by atoms with Crippen molar-refractivity contribution >= 4 is 11.4 Å². The Morgan fingerprint density at radius 3 is 2.23 bits per heavy atom. The van der Waals surface area contributed by atoms with Crippen LogP contribution in [0, 0.1) is 0 Å². The first-order valence-electron chi connectivity index (χ1n) is 10.7. The zero-order chi connectivity index (χ0) is 19.8. The van der Waals surface area contributed by atoms with E-state index in [1.54, 1.807) is 7.11 Å². The average molecular weight is 386 g/mol. The highest BCUT2D eigenvalue weighted by molar-refractivity contribution is 6.21. The lowest BCUT2D eigenvalue weighted by Gasteiger charge is -2.42. The van der Waals surface area contributed by atoms with Crippen molar-refractivity contribution in [3.05, 3.63) is 105 Å². The Morgan fingerprint density at radius 2 is 1.47 bits per heavy atom. The lowest BCUT2D eigenvalue weighted by Crippen LogP contribution is -2.35. The van der Waals surface area contributed by atoms with E-state index in [1.165, 1.54) is 61.2 Å². The van der Waals surface area contributed by atoms with Crippen molar-refractivity contribution in [3.63, 3.8) is 0 Å². The van der Waals surface area contributed by atoms with Crippen molar-refractivity contribution < 1.29 is 9.53 Å². The first-order chi connectivity index (χ1) is 14.7. The molecular weight excluding hydrogens is 368 g/mol. The molecular formula is C28H18O2. The number of hydrogen-bond donors (Lipinski definition) is 0. The monoisotopic (exact) mass is 386 g/mol. The van der Waals surface area contributed by atoms with Crippen LogP contribution in [0.2, 0.25) is 0 Å². The van der Waals surface area contributed by atoms with E-state index in [0.717, 1.165) is 30.6 Å². The molecule has 3 aromatic rings. The third kappa shape index (κ3) is 1.41. The summed E-state index contributed by atoms with van der Waals surface area (Å²) in [7, 11) is 1.71. The van der Waals surface area contributed by atoms with Crippen LogP contribution in [0.25, 0.3) is 16.7 Å². The van der Waals surface area contributed by atoms with Gasteiger partial charge in [-0.05, 0) is 92.3 Å². The van der Waals surface area contributed by atoms with Gasteiger partial charge in [0.15, 0.2) is 5.78 Å². The van der Waals surface area contributed by atoms with Crippen molar-refractivity contribution in [2.24, 2.45) is 0 Å². The molecule has 0 saturated heterocycles. The number of hydrogen-bond acceptors (Lipinski definition) is 2. The average Bonchev–Trinajstić information content (AvgIpc) is 3.43. The van der Waals surface area contributed by atoms with Crippen LogP contribution in [0.1, 0.15) is 38.9 Å². The lowest BCUT2D eigenvalue weighted by atomic mass is 9.58. The quantitative estimate of drug-likeness (QED) is 0.488. The van der Waals surface area contributed by atoms with E-state index in [1.807, 2.05) is 6.08 Å². The molecule has 0 spiro atoms. The Balaban J connectivity index is 1.61. The van der Waals surface area contributed by atoms with Crippen molar-refractivity contribution in [1.29, 1.82) is 0 Å². The van der Waals surface area contributed by atoms with Gasteiger partial charge in [-0.2, -0.15) is 0 Å². The van der Waals surface area contributed by atoms with E-state index in [0.29, 0.717) is 0 Å². The van der Waals surface area contributed by atoms with Crippen LogP contribution < -0.4 is 4.74 Å². The minimum Gasteiger partial charge on any atom is -0.497 e. The van der Waals surface area contributed by atoms with E-state index in [9.17, 15) is 4.79 Å². The van der Waals surface area contributed by atoms with Gasteiger partial charge in [0.2, 0.25) is 0 Å². The number of benzene rings is 3. The second-order valence-electron chi connectivity index (χ2n) is 9.16. The summed E-state index contributed by atoms with van der Waals surface area (Å²) in [6, 6.07) is 17.8. The molecule has 3 aromatic carbocycles. The molecule has 0 fully saturated rings. The zero-order valence-electron chi connectivity index (χ0n) is 16.6. The van der Waals surface area contributed by atoms with Crippen LogP contribution >= 0.6 is 0 Å². The maximum absolute atomic E-state index is 13.3. The highest BCUT2D eigenvalue weighted by Crippen LogP contribution is 2.68. The second kappa shape index (κ2) is 4.67. The molecule has 5 aliphatic carbocycles. The first-order valence-corrected chi connectivity index (χ1v) is 10.7. The summed E-state index contributed by atoms with van der Waals surface area (Å²) < 4.78 is 5.45. The Labute approximate surface area is 174 Å². The van der Waals surface area contributed by atoms with Gasteiger partial charge in [0.25, 0.3) is 0 Å². The lowest BCUT2D eigenvalue weighted by molar-refractivity contribution is -0.111. The number of rotatable bonds is 2. The van der Waals surface area contributed by atoms with Gasteiger partial charge in [0.05, 0.1) is 12.5 Å². The molecule has 0 heterocycles. The minimum absolute atomic E-state index is 0.212. The molecule has 0 saturated carbocycles. The molecule has 0 N–H and O–H groups in total. The smallest absolute Gasteiger partial charge is 0.182 e. The van der Waals surface area contributed by atoms with Crippen LogP contribution in [0.5, 0.6) is 5.75 Å². The number of allylic oxidation sites excluding steroid dienone is 4. The Hall–Kier alpha value is -3.39. The second-order valence-corrected chi connectivity index (χ2v) is 9.16. The maximum Gasteiger partial charge on any atom is 0.182 e. The van der Waals surface area contributed by atoms with Gasteiger partial charge in [-0.15, -0.1) is 0 Å². The first kappa shape index (κ1) is 15.4. The van der Waals surface area contributed by atoms with Gasteiger partial charge in [-0.1, -0.05) is 36.4 Å². The fraction of sp³-hybridized carbons (Fsp3) is 0.179. The fourth-order valence-corrected chi connectivity index (χ4v) is 7.01. The fourth-order valence-electron chi connectivity index (χ4n) is 7.01. The van der Waals surface area contributed by atoms with Gasteiger partial charge >= 0.3 is 0 Å². The van der Waals surface area contributed by atoms with Gasteiger partial charge in [-0.3, -0.25) is 4.79 Å². The van der Waals surface area contributed by atoms with Gasteiger partial charge in [0.1, 0.15) is 5.75 Å². The molecule has 0 amide bonds. The predicted octanol–water partition coefficient (Wildman–Crippen LogP) is 4.94. The molecule has 142 valence electrons. The predicted molar refractivity (Wildman–Crippen MR) is 116 cm³/mol. The summed E-state index contributed by atoms with van der Waals surface area (Å²) >= 11 is 0. The third-order valence-corrected chi connectivity index (χ3v) is 8.04. The number of ketones is 1. The molecule has 0 bridgehead atoms. The molecule has 0 unspecified atom stereocenters. The van der Waals surface area contributed by atoms with Crippen LogP contribution in [-0.2, 0) is 29.5 Å². The highest BCUT2D eigenvalue weighted by Gasteiger charge is 2.58. The van der Waals surface area contributed by atoms with E-state index in [4.69, 9.17) is 4.74 Å². The van der Waals surface area contributed by atoms with Crippen LogP contribution in [-0.4, -0.2) is 12.9 Å².